The second kappa shape index (κ2) is 8.26. The zero-order chi connectivity index (χ0) is 17.6. The van der Waals surface area contributed by atoms with Gasteiger partial charge in [-0.15, -0.1) is 0 Å². The molecule has 2 aromatic carbocycles. The second-order valence-corrected chi connectivity index (χ2v) is 6.53. The molecule has 2 aromatic rings. The molecule has 25 heavy (non-hydrogen) atoms. The Labute approximate surface area is 153 Å². The molecule has 5 heteroatoms. The van der Waals surface area contributed by atoms with E-state index in [-0.39, 0.29) is 5.91 Å². The van der Waals surface area contributed by atoms with Gasteiger partial charge >= 0.3 is 0 Å². The molecule has 1 N–H and O–H groups in total. The van der Waals surface area contributed by atoms with Crippen LogP contribution < -0.4 is 15.0 Å². The summed E-state index contributed by atoms with van der Waals surface area (Å²) < 4.78 is 5.39. The Morgan fingerprint density at radius 2 is 1.88 bits per heavy atom. The van der Waals surface area contributed by atoms with E-state index in [1.165, 1.54) is 18.5 Å². The molecule has 1 aliphatic rings. The summed E-state index contributed by atoms with van der Waals surface area (Å²) in [6.45, 7) is 5.19. The number of ether oxygens (including phenoxy) is 1. The molecule has 1 fully saturated rings. The quantitative estimate of drug-likeness (QED) is 0.838. The highest BCUT2D eigenvalue weighted by Gasteiger charge is 2.12. The smallest absolute Gasteiger partial charge is 0.251 e. The highest BCUT2D eigenvalue weighted by molar-refractivity contribution is 6.32. The van der Waals surface area contributed by atoms with Crippen LogP contribution in [0, 0.1) is 0 Å². The summed E-state index contributed by atoms with van der Waals surface area (Å²) in [5.74, 6) is 0.451. The van der Waals surface area contributed by atoms with Crippen molar-refractivity contribution in [3.05, 3.63) is 58.6 Å². The first kappa shape index (κ1) is 17.6. The van der Waals surface area contributed by atoms with Crippen LogP contribution in [0.4, 0.5) is 5.69 Å². The Balaban J connectivity index is 1.57. The first-order chi connectivity index (χ1) is 12.2. The minimum absolute atomic E-state index is 0.145. The van der Waals surface area contributed by atoms with E-state index in [4.69, 9.17) is 16.3 Å². The van der Waals surface area contributed by atoms with Crippen molar-refractivity contribution in [2.45, 2.75) is 26.3 Å². The lowest BCUT2D eigenvalue weighted by atomic mass is 10.1. The molecule has 0 spiro atoms. The van der Waals surface area contributed by atoms with Crippen molar-refractivity contribution in [2.75, 3.05) is 24.6 Å². The molecule has 0 unspecified atom stereocenters. The lowest BCUT2D eigenvalue weighted by molar-refractivity contribution is 0.0951. The number of halogens is 1. The average Bonchev–Trinajstić information content (AvgIpc) is 3.16. The van der Waals surface area contributed by atoms with Gasteiger partial charge in [-0.05, 0) is 55.7 Å². The number of hydrogen-bond donors (Lipinski definition) is 1. The molecular weight excluding hydrogens is 336 g/mol. The molecule has 1 saturated heterocycles. The summed E-state index contributed by atoms with van der Waals surface area (Å²) in [5, 5.41) is 3.38. The van der Waals surface area contributed by atoms with E-state index >= 15 is 0 Å². The van der Waals surface area contributed by atoms with Crippen molar-refractivity contribution in [3.63, 3.8) is 0 Å². The van der Waals surface area contributed by atoms with Crippen LogP contribution in [-0.2, 0) is 6.54 Å². The molecule has 132 valence electrons. The van der Waals surface area contributed by atoms with E-state index < -0.39 is 0 Å². The van der Waals surface area contributed by atoms with Crippen molar-refractivity contribution >= 4 is 23.2 Å². The first-order valence-corrected chi connectivity index (χ1v) is 9.09. The van der Waals surface area contributed by atoms with E-state index in [9.17, 15) is 4.79 Å². The second-order valence-electron chi connectivity index (χ2n) is 6.12. The molecule has 3 rings (SSSR count). The number of nitrogens with one attached hydrogen (secondary N) is 1. The zero-order valence-electron chi connectivity index (χ0n) is 14.4. The number of anilines is 1. The van der Waals surface area contributed by atoms with Gasteiger partial charge in [0.05, 0.1) is 11.6 Å². The number of amides is 1. The van der Waals surface area contributed by atoms with E-state index in [0.717, 1.165) is 18.7 Å². The van der Waals surface area contributed by atoms with Gasteiger partial charge in [0.2, 0.25) is 0 Å². The third-order valence-electron chi connectivity index (χ3n) is 4.35. The lowest BCUT2D eigenvalue weighted by Gasteiger charge is -2.17. The Morgan fingerprint density at radius 3 is 2.52 bits per heavy atom. The molecule has 0 atom stereocenters. The molecule has 1 aliphatic heterocycles. The van der Waals surface area contributed by atoms with Crippen molar-refractivity contribution in [2.24, 2.45) is 0 Å². The normalized spacial score (nSPS) is 13.8. The number of carbonyl (C=O) groups is 1. The van der Waals surface area contributed by atoms with Gasteiger partial charge in [-0.25, -0.2) is 0 Å². The fourth-order valence-corrected chi connectivity index (χ4v) is 3.23. The third-order valence-corrected chi connectivity index (χ3v) is 4.65. The summed E-state index contributed by atoms with van der Waals surface area (Å²) in [4.78, 5) is 14.7. The van der Waals surface area contributed by atoms with Crippen LogP contribution in [0.1, 0.15) is 35.7 Å². The first-order valence-electron chi connectivity index (χ1n) is 8.72. The molecule has 0 aromatic heterocycles. The Bertz CT molecular complexity index is 725. The number of carbonyl (C=O) groups excluding carboxylic acids is 1. The number of rotatable bonds is 6. The van der Waals surface area contributed by atoms with Gasteiger partial charge < -0.3 is 15.0 Å². The number of hydrogen-bond acceptors (Lipinski definition) is 3. The van der Waals surface area contributed by atoms with Crippen molar-refractivity contribution in [1.29, 1.82) is 0 Å². The fourth-order valence-electron chi connectivity index (χ4n) is 3.00. The van der Waals surface area contributed by atoms with Crippen LogP contribution in [0.25, 0.3) is 0 Å². The van der Waals surface area contributed by atoms with Gasteiger partial charge in [0.25, 0.3) is 5.91 Å². The van der Waals surface area contributed by atoms with E-state index in [0.29, 0.717) is 29.5 Å². The Morgan fingerprint density at radius 1 is 1.16 bits per heavy atom. The monoisotopic (exact) mass is 358 g/mol. The maximum atomic E-state index is 12.3. The Kier molecular flexibility index (Phi) is 5.82. The SMILES string of the molecule is CCOc1ccc(C(=O)NCc2ccc(N3CCCC3)cc2)cc1Cl. The Hall–Kier alpha value is -2.20. The summed E-state index contributed by atoms with van der Waals surface area (Å²) >= 11 is 6.14. The van der Waals surface area contributed by atoms with Crippen molar-refractivity contribution < 1.29 is 9.53 Å². The summed E-state index contributed by atoms with van der Waals surface area (Å²) in [6, 6.07) is 13.5. The lowest BCUT2D eigenvalue weighted by Crippen LogP contribution is -2.23. The number of benzene rings is 2. The largest absolute Gasteiger partial charge is 0.492 e. The highest BCUT2D eigenvalue weighted by Crippen LogP contribution is 2.25. The summed E-state index contributed by atoms with van der Waals surface area (Å²) in [6.07, 6.45) is 2.53. The molecule has 0 aliphatic carbocycles. The highest BCUT2D eigenvalue weighted by atomic mass is 35.5. The van der Waals surface area contributed by atoms with Crippen LogP contribution in [0.15, 0.2) is 42.5 Å². The molecule has 0 radical (unpaired) electrons. The van der Waals surface area contributed by atoms with E-state index in [1.807, 2.05) is 6.92 Å². The molecule has 4 nitrogen and oxygen atoms in total. The van der Waals surface area contributed by atoms with Crippen molar-refractivity contribution in [3.8, 4) is 5.75 Å². The molecular formula is C20H23ClN2O2. The van der Waals surface area contributed by atoms with Gasteiger partial charge in [-0.3, -0.25) is 4.79 Å². The summed E-state index contributed by atoms with van der Waals surface area (Å²) in [5.41, 5.74) is 2.86. The predicted octanol–water partition coefficient (Wildman–Crippen LogP) is 4.27. The predicted molar refractivity (Wildman–Crippen MR) is 102 cm³/mol. The van der Waals surface area contributed by atoms with Crippen LogP contribution in [0.5, 0.6) is 5.75 Å². The van der Waals surface area contributed by atoms with Crippen LogP contribution in [0.3, 0.4) is 0 Å². The van der Waals surface area contributed by atoms with Gasteiger partial charge in [-0.2, -0.15) is 0 Å². The summed E-state index contributed by atoms with van der Waals surface area (Å²) in [7, 11) is 0. The third kappa shape index (κ3) is 4.45. The fraction of sp³-hybridized carbons (Fsp3) is 0.350. The van der Waals surface area contributed by atoms with Gasteiger partial charge in [0.15, 0.2) is 0 Å². The maximum absolute atomic E-state index is 12.3. The van der Waals surface area contributed by atoms with Crippen LogP contribution in [0.2, 0.25) is 5.02 Å². The van der Waals surface area contributed by atoms with Crippen molar-refractivity contribution in [1.82, 2.24) is 5.32 Å². The molecule has 1 heterocycles. The number of nitrogens with zero attached hydrogens (tertiary/aromatic N) is 1. The standard InChI is InChI=1S/C20H23ClN2O2/c1-2-25-19-10-7-16(13-18(19)21)20(24)22-14-15-5-8-17(9-6-15)23-11-3-4-12-23/h5-10,13H,2-4,11-12,14H2,1H3,(H,22,24). The van der Waals surface area contributed by atoms with E-state index in [2.05, 4.69) is 34.5 Å². The molecule has 0 bridgehead atoms. The van der Waals surface area contributed by atoms with Crippen LogP contribution >= 0.6 is 11.6 Å². The minimum Gasteiger partial charge on any atom is -0.492 e. The van der Waals surface area contributed by atoms with E-state index in [1.54, 1.807) is 18.2 Å². The average molecular weight is 359 g/mol. The molecule has 1 amide bonds. The molecule has 0 saturated carbocycles. The van der Waals surface area contributed by atoms with Gasteiger partial charge in [0, 0.05) is 30.9 Å². The minimum atomic E-state index is -0.145. The maximum Gasteiger partial charge on any atom is 0.251 e. The van der Waals surface area contributed by atoms with Gasteiger partial charge in [-0.1, -0.05) is 23.7 Å². The topological polar surface area (TPSA) is 41.6 Å². The van der Waals surface area contributed by atoms with Crippen LogP contribution in [-0.4, -0.2) is 25.6 Å². The zero-order valence-corrected chi connectivity index (χ0v) is 15.2. The van der Waals surface area contributed by atoms with Gasteiger partial charge in [0.1, 0.15) is 5.75 Å².